The Bertz CT molecular complexity index is 1600. The summed E-state index contributed by atoms with van der Waals surface area (Å²) in [5.74, 6) is -0.458. The number of nitrogens with one attached hydrogen (secondary N) is 3. The maximum atomic E-state index is 14.2. The molecule has 0 aliphatic carbocycles. The van der Waals surface area contributed by atoms with E-state index in [0.717, 1.165) is 12.1 Å². The molecule has 1 aliphatic heterocycles. The van der Waals surface area contributed by atoms with E-state index in [2.05, 4.69) is 20.8 Å². The van der Waals surface area contributed by atoms with Gasteiger partial charge in [-0.1, -0.05) is 17.7 Å². The topological polar surface area (TPSA) is 73.1 Å². The van der Waals surface area contributed by atoms with Crippen LogP contribution in [0.2, 0.25) is 5.02 Å². The first-order valence-electron chi connectivity index (χ1n) is 12.5. The Hall–Kier alpha value is -4.26. The number of alkyl halides is 6. The Balaban J connectivity index is 1.32. The van der Waals surface area contributed by atoms with Crippen LogP contribution in [0, 0.1) is 5.82 Å². The molecule has 3 aromatic carbocycles. The average Bonchev–Trinajstić information content (AvgIpc) is 3.59. The first-order chi connectivity index (χ1) is 19.8. The SMILES string of the molecule is O=C(Nc1ccc(Cl)c(C(F)(F)F)c1)NC1CCN(c2ccc(-c3cn[nH]c3-c3ccc(F)cc3)cc2C(F)(F)F)C1. The van der Waals surface area contributed by atoms with Gasteiger partial charge in [0.1, 0.15) is 5.82 Å². The number of aromatic amines is 1. The lowest BCUT2D eigenvalue weighted by Crippen LogP contribution is -2.40. The van der Waals surface area contributed by atoms with Crippen molar-refractivity contribution in [3.05, 3.63) is 88.8 Å². The number of carbonyl (C=O) groups excluding carboxylic acids is 1. The molecule has 1 saturated heterocycles. The monoisotopic (exact) mass is 611 g/mol. The van der Waals surface area contributed by atoms with E-state index in [-0.39, 0.29) is 30.0 Å². The summed E-state index contributed by atoms with van der Waals surface area (Å²) < 4.78 is 95.4. The van der Waals surface area contributed by atoms with Crippen molar-refractivity contribution in [2.45, 2.75) is 24.8 Å². The molecule has 0 bridgehead atoms. The third kappa shape index (κ3) is 6.30. The predicted octanol–water partition coefficient (Wildman–Crippen LogP) is 7.97. The molecule has 0 spiro atoms. The fraction of sp³-hybridized carbons (Fsp3) is 0.214. The number of aromatic nitrogens is 2. The van der Waals surface area contributed by atoms with Crippen LogP contribution in [0.15, 0.2) is 66.9 Å². The number of carbonyl (C=O) groups is 1. The van der Waals surface area contributed by atoms with Crippen molar-refractivity contribution < 1.29 is 35.5 Å². The molecule has 14 heteroatoms. The molecular weight excluding hydrogens is 591 g/mol. The summed E-state index contributed by atoms with van der Waals surface area (Å²) in [6, 6.07) is 10.8. The molecule has 1 aromatic heterocycles. The summed E-state index contributed by atoms with van der Waals surface area (Å²) in [5, 5.41) is 11.1. The summed E-state index contributed by atoms with van der Waals surface area (Å²) in [4.78, 5) is 13.9. The van der Waals surface area contributed by atoms with E-state index in [4.69, 9.17) is 11.6 Å². The van der Waals surface area contributed by atoms with Gasteiger partial charge < -0.3 is 15.5 Å². The third-order valence-corrected chi connectivity index (χ3v) is 7.11. The maximum absolute atomic E-state index is 14.2. The van der Waals surface area contributed by atoms with Crippen molar-refractivity contribution in [1.29, 1.82) is 0 Å². The van der Waals surface area contributed by atoms with E-state index < -0.39 is 46.4 Å². The fourth-order valence-electron chi connectivity index (χ4n) is 4.82. The number of H-pyrrole nitrogens is 1. The van der Waals surface area contributed by atoms with Gasteiger partial charge in [0.2, 0.25) is 0 Å². The summed E-state index contributed by atoms with van der Waals surface area (Å²) in [6.45, 7) is 0.232. The number of hydrogen-bond donors (Lipinski definition) is 3. The van der Waals surface area contributed by atoms with Gasteiger partial charge in [-0.05, 0) is 66.6 Å². The molecule has 1 atom stereocenters. The van der Waals surface area contributed by atoms with Crippen molar-refractivity contribution in [2.75, 3.05) is 23.3 Å². The highest BCUT2D eigenvalue weighted by atomic mass is 35.5. The van der Waals surface area contributed by atoms with E-state index in [0.29, 0.717) is 29.3 Å². The number of rotatable bonds is 5. The molecule has 220 valence electrons. The lowest BCUT2D eigenvalue weighted by Gasteiger charge is -2.24. The molecule has 3 N–H and O–H groups in total. The maximum Gasteiger partial charge on any atom is 0.418 e. The molecule has 5 rings (SSSR count). The van der Waals surface area contributed by atoms with Crippen LogP contribution in [0.1, 0.15) is 17.5 Å². The van der Waals surface area contributed by atoms with Crippen LogP contribution in [0.4, 0.5) is 46.9 Å². The Morgan fingerprint density at radius 2 is 1.62 bits per heavy atom. The summed E-state index contributed by atoms with van der Waals surface area (Å²) in [7, 11) is 0. The van der Waals surface area contributed by atoms with Gasteiger partial charge in [-0.25, -0.2) is 9.18 Å². The van der Waals surface area contributed by atoms with E-state index in [1.165, 1.54) is 53.6 Å². The minimum Gasteiger partial charge on any atom is -0.369 e. The number of benzene rings is 3. The number of anilines is 2. The van der Waals surface area contributed by atoms with Gasteiger partial charge in [0.05, 0.1) is 28.0 Å². The van der Waals surface area contributed by atoms with Crippen LogP contribution < -0.4 is 15.5 Å². The van der Waals surface area contributed by atoms with Crippen LogP contribution in [-0.2, 0) is 12.4 Å². The standard InChI is InChI=1S/C28H21ClF7N5O/c29-23-7-6-18(12-21(23)27(31,32)33)38-26(42)39-19-9-10-41(14-19)24-8-3-16(11-22(24)28(34,35)36)20-13-37-40-25(20)15-1-4-17(30)5-2-15/h1-8,11-13,19H,9-10,14H2,(H,37,40)(H2,38,39,42). The minimum absolute atomic E-state index is 0.0385. The molecule has 4 aromatic rings. The predicted molar refractivity (Wildman–Crippen MR) is 144 cm³/mol. The molecular formula is C28H21ClF7N5O. The van der Waals surface area contributed by atoms with E-state index >= 15 is 0 Å². The summed E-state index contributed by atoms with van der Waals surface area (Å²) >= 11 is 5.60. The molecule has 0 radical (unpaired) electrons. The van der Waals surface area contributed by atoms with Gasteiger partial charge in [-0.15, -0.1) is 0 Å². The number of hydrogen-bond acceptors (Lipinski definition) is 3. The van der Waals surface area contributed by atoms with Crippen LogP contribution in [-0.4, -0.2) is 35.4 Å². The molecule has 1 fully saturated rings. The highest BCUT2D eigenvalue weighted by Crippen LogP contribution is 2.41. The zero-order valence-electron chi connectivity index (χ0n) is 21.4. The quantitative estimate of drug-likeness (QED) is 0.200. The van der Waals surface area contributed by atoms with E-state index in [9.17, 15) is 35.5 Å². The molecule has 42 heavy (non-hydrogen) atoms. The largest absolute Gasteiger partial charge is 0.418 e. The number of amides is 2. The number of halogens is 8. The zero-order valence-corrected chi connectivity index (χ0v) is 22.1. The van der Waals surface area contributed by atoms with Crippen LogP contribution in [0.3, 0.4) is 0 Å². The minimum atomic E-state index is -4.72. The summed E-state index contributed by atoms with van der Waals surface area (Å²) in [6.07, 6.45) is -7.74. The van der Waals surface area contributed by atoms with Gasteiger partial charge in [0, 0.05) is 41.6 Å². The lowest BCUT2D eigenvalue weighted by atomic mass is 9.98. The van der Waals surface area contributed by atoms with Gasteiger partial charge in [-0.3, -0.25) is 5.10 Å². The van der Waals surface area contributed by atoms with Crippen LogP contribution in [0.5, 0.6) is 0 Å². The zero-order chi connectivity index (χ0) is 30.2. The van der Waals surface area contributed by atoms with Crippen molar-refractivity contribution in [3.8, 4) is 22.4 Å². The Morgan fingerprint density at radius 1 is 0.929 bits per heavy atom. The molecule has 0 saturated carbocycles. The first kappa shape index (κ1) is 29.2. The molecule has 1 unspecified atom stereocenters. The summed E-state index contributed by atoms with van der Waals surface area (Å²) in [5.41, 5.74) is -0.629. The second kappa shape index (κ2) is 11.2. The first-order valence-corrected chi connectivity index (χ1v) is 12.9. The number of nitrogens with zero attached hydrogens (tertiary/aromatic N) is 2. The second-order valence-electron chi connectivity index (χ2n) is 9.62. The highest BCUT2D eigenvalue weighted by Gasteiger charge is 2.37. The second-order valence-corrected chi connectivity index (χ2v) is 10.0. The molecule has 6 nitrogen and oxygen atoms in total. The average molecular weight is 612 g/mol. The smallest absolute Gasteiger partial charge is 0.369 e. The van der Waals surface area contributed by atoms with Crippen molar-refractivity contribution in [3.63, 3.8) is 0 Å². The van der Waals surface area contributed by atoms with Gasteiger partial charge in [-0.2, -0.15) is 31.4 Å². The molecule has 1 aliphatic rings. The Kier molecular flexibility index (Phi) is 7.80. The van der Waals surface area contributed by atoms with Crippen LogP contribution in [0.25, 0.3) is 22.4 Å². The van der Waals surface area contributed by atoms with Crippen molar-refractivity contribution in [2.24, 2.45) is 0 Å². The Morgan fingerprint density at radius 3 is 2.31 bits per heavy atom. The van der Waals surface area contributed by atoms with Crippen molar-refractivity contribution in [1.82, 2.24) is 15.5 Å². The van der Waals surface area contributed by atoms with Gasteiger partial charge in [0.15, 0.2) is 0 Å². The highest BCUT2D eigenvalue weighted by molar-refractivity contribution is 6.31. The normalized spacial score (nSPS) is 15.6. The Labute approximate surface area is 239 Å². The van der Waals surface area contributed by atoms with E-state index in [1.807, 2.05) is 0 Å². The molecule has 2 heterocycles. The number of urea groups is 1. The van der Waals surface area contributed by atoms with E-state index in [1.54, 1.807) is 0 Å². The van der Waals surface area contributed by atoms with Crippen LogP contribution >= 0.6 is 11.6 Å². The fourth-order valence-corrected chi connectivity index (χ4v) is 5.04. The third-order valence-electron chi connectivity index (χ3n) is 6.78. The van der Waals surface area contributed by atoms with Gasteiger partial charge >= 0.3 is 18.4 Å². The van der Waals surface area contributed by atoms with Crippen molar-refractivity contribution >= 4 is 29.0 Å². The van der Waals surface area contributed by atoms with Gasteiger partial charge in [0.25, 0.3) is 0 Å². The molecule has 2 amide bonds. The lowest BCUT2D eigenvalue weighted by molar-refractivity contribution is -0.138.